The van der Waals surface area contributed by atoms with E-state index in [9.17, 15) is 9.90 Å². The fraction of sp³-hybridized carbons (Fsp3) is 0.447. The van der Waals surface area contributed by atoms with E-state index in [-0.39, 0.29) is 17.5 Å². The molecule has 0 radical (unpaired) electrons. The SMILES string of the molecule is COC(=O)[C@@H](OC(C)(C)C)c1c(C)c(C)c2nc(-c3cccc(-c4cc(C)ccc4O)c3)cn2c1N1CCC(C)(OCCOC[C@@H](C)OCc2ccccc2)CC1. The lowest BCUT2D eigenvalue weighted by Gasteiger charge is -2.42. The van der Waals surface area contributed by atoms with Crippen LogP contribution in [0.25, 0.3) is 28.0 Å². The zero-order valence-electron chi connectivity index (χ0n) is 35.1. The molecule has 10 nitrogen and oxygen atoms in total. The van der Waals surface area contributed by atoms with Gasteiger partial charge < -0.3 is 33.7 Å². The van der Waals surface area contributed by atoms with Crippen molar-refractivity contribution in [3.63, 3.8) is 0 Å². The lowest BCUT2D eigenvalue weighted by atomic mass is 9.92. The standard InChI is InChI=1S/C47H59N3O7/c1-31-18-19-40(51)38(26-31)36-16-13-17-37(27-36)39-28-50-43(48-39)34(4)33(3)41(42(45(52)53-9)57-46(5,6)7)44(50)49-22-20-47(8,21-23-49)56-25-24-54-29-32(2)55-30-35-14-11-10-12-15-35/h10-19,26-28,32,42,51H,20-25,29-30H2,1-9H3/t32-,42+/m1/s1. The molecule has 1 N–H and O–H groups in total. The van der Waals surface area contributed by atoms with Gasteiger partial charge in [0, 0.05) is 36.0 Å². The summed E-state index contributed by atoms with van der Waals surface area (Å²) in [7, 11) is 1.40. The van der Waals surface area contributed by atoms with Crippen molar-refractivity contribution in [2.45, 2.75) is 98.2 Å². The van der Waals surface area contributed by atoms with Crippen LogP contribution in [-0.4, -0.2) is 77.8 Å². The van der Waals surface area contributed by atoms with Crippen LogP contribution in [0.5, 0.6) is 5.75 Å². The van der Waals surface area contributed by atoms with E-state index in [4.69, 9.17) is 28.7 Å². The number of methoxy groups -OCH3 is 1. The van der Waals surface area contributed by atoms with Crippen LogP contribution in [0.4, 0.5) is 5.82 Å². The van der Waals surface area contributed by atoms with Gasteiger partial charge in [-0.2, -0.15) is 0 Å². The monoisotopic (exact) mass is 777 g/mol. The maximum absolute atomic E-state index is 13.6. The third kappa shape index (κ3) is 10.0. The zero-order chi connectivity index (χ0) is 40.9. The van der Waals surface area contributed by atoms with Gasteiger partial charge in [0.05, 0.1) is 56.5 Å². The molecule has 1 aliphatic heterocycles. The van der Waals surface area contributed by atoms with Crippen molar-refractivity contribution >= 4 is 17.4 Å². The third-order valence-electron chi connectivity index (χ3n) is 10.8. The molecular weight excluding hydrogens is 719 g/mol. The van der Waals surface area contributed by atoms with Crippen LogP contribution < -0.4 is 4.90 Å². The number of pyridine rings is 1. The van der Waals surface area contributed by atoms with Gasteiger partial charge in [0.25, 0.3) is 0 Å². The number of hydrogen-bond donors (Lipinski definition) is 1. The second kappa shape index (κ2) is 17.8. The van der Waals surface area contributed by atoms with Crippen molar-refractivity contribution < 1.29 is 33.6 Å². The van der Waals surface area contributed by atoms with E-state index in [1.54, 1.807) is 6.07 Å². The fourth-order valence-electron chi connectivity index (χ4n) is 7.45. The summed E-state index contributed by atoms with van der Waals surface area (Å²) in [6.07, 6.45) is 2.59. The highest BCUT2D eigenvalue weighted by atomic mass is 16.6. The number of phenolic OH excluding ortho intramolecular Hbond substituents is 1. The Bertz CT molecular complexity index is 2150. The van der Waals surface area contributed by atoms with Crippen LogP contribution in [0.15, 0.2) is 79.0 Å². The number of aryl methyl sites for hydroxylation is 2. The molecule has 0 aliphatic carbocycles. The first-order valence-corrected chi connectivity index (χ1v) is 20.0. The molecule has 0 spiro atoms. The van der Waals surface area contributed by atoms with Gasteiger partial charge in [-0.05, 0) is 109 Å². The van der Waals surface area contributed by atoms with E-state index in [0.717, 1.165) is 74.5 Å². The summed E-state index contributed by atoms with van der Waals surface area (Å²) in [5.41, 5.74) is 8.03. The number of ether oxygens (including phenoxy) is 5. The Hall–Kier alpha value is -4.74. The van der Waals surface area contributed by atoms with E-state index in [0.29, 0.717) is 39.5 Å². The number of imidazole rings is 1. The van der Waals surface area contributed by atoms with Crippen molar-refractivity contribution in [2.75, 3.05) is 44.9 Å². The van der Waals surface area contributed by atoms with Gasteiger partial charge in [-0.15, -0.1) is 0 Å². The molecule has 0 bridgehead atoms. The summed E-state index contributed by atoms with van der Waals surface area (Å²) < 4.78 is 32.4. The quantitative estimate of drug-likeness (QED) is 0.0823. The molecule has 304 valence electrons. The summed E-state index contributed by atoms with van der Waals surface area (Å²) in [4.78, 5) is 21.2. The Kier molecular flexibility index (Phi) is 13.1. The molecule has 3 heterocycles. The molecule has 2 aromatic heterocycles. The molecule has 57 heavy (non-hydrogen) atoms. The molecule has 1 saturated heterocycles. The summed E-state index contributed by atoms with van der Waals surface area (Å²) in [6, 6.07) is 23.8. The highest BCUT2D eigenvalue weighted by Gasteiger charge is 2.38. The first kappa shape index (κ1) is 41.9. The topological polar surface area (TPSA) is 104 Å². The van der Waals surface area contributed by atoms with Crippen molar-refractivity contribution in [2.24, 2.45) is 0 Å². The average molecular weight is 778 g/mol. The summed E-state index contributed by atoms with van der Waals surface area (Å²) >= 11 is 0. The average Bonchev–Trinajstić information content (AvgIpc) is 3.64. The molecular formula is C47H59N3O7. The van der Waals surface area contributed by atoms with Crippen LogP contribution in [0.2, 0.25) is 0 Å². The maximum Gasteiger partial charge on any atom is 0.339 e. The van der Waals surface area contributed by atoms with Crippen LogP contribution in [0.3, 0.4) is 0 Å². The summed E-state index contributed by atoms with van der Waals surface area (Å²) in [5.74, 6) is 0.629. The number of carbonyl (C=O) groups excluding carboxylic acids is 1. The Morgan fingerprint density at radius 2 is 1.65 bits per heavy atom. The van der Waals surface area contributed by atoms with Crippen molar-refractivity contribution in [1.29, 1.82) is 0 Å². The van der Waals surface area contributed by atoms with Gasteiger partial charge in [0.1, 0.15) is 17.2 Å². The number of esters is 1. The van der Waals surface area contributed by atoms with Crippen molar-refractivity contribution in [3.8, 4) is 28.1 Å². The van der Waals surface area contributed by atoms with E-state index >= 15 is 0 Å². The Morgan fingerprint density at radius 1 is 0.930 bits per heavy atom. The van der Waals surface area contributed by atoms with E-state index in [1.807, 2.05) is 103 Å². The number of piperidine rings is 1. The van der Waals surface area contributed by atoms with E-state index in [2.05, 4.69) is 34.4 Å². The highest BCUT2D eigenvalue weighted by Crippen LogP contribution is 2.41. The van der Waals surface area contributed by atoms with E-state index < -0.39 is 17.7 Å². The third-order valence-corrected chi connectivity index (χ3v) is 10.8. The molecule has 6 rings (SSSR count). The number of carbonyl (C=O) groups is 1. The van der Waals surface area contributed by atoms with Crippen molar-refractivity contribution in [3.05, 3.63) is 107 Å². The number of anilines is 1. The molecule has 10 heteroatoms. The summed E-state index contributed by atoms with van der Waals surface area (Å²) in [6.45, 7) is 19.5. The van der Waals surface area contributed by atoms with Gasteiger partial charge in [-0.3, -0.25) is 4.40 Å². The predicted octanol–water partition coefficient (Wildman–Crippen LogP) is 9.33. The van der Waals surface area contributed by atoms with Crippen LogP contribution in [0.1, 0.15) is 81.4 Å². The number of aromatic nitrogens is 2. The normalized spacial score (nSPS) is 15.5. The van der Waals surface area contributed by atoms with Gasteiger partial charge in [0.15, 0.2) is 6.10 Å². The molecule has 0 saturated carbocycles. The molecule has 0 amide bonds. The zero-order valence-corrected chi connectivity index (χ0v) is 35.1. The number of fused-ring (bicyclic) bond motifs is 1. The van der Waals surface area contributed by atoms with Gasteiger partial charge >= 0.3 is 5.97 Å². The number of phenols is 1. The summed E-state index contributed by atoms with van der Waals surface area (Å²) in [5, 5.41) is 10.7. The highest BCUT2D eigenvalue weighted by molar-refractivity contribution is 5.82. The fourth-order valence-corrected chi connectivity index (χ4v) is 7.45. The van der Waals surface area contributed by atoms with Crippen LogP contribution in [-0.2, 0) is 35.1 Å². The number of aromatic hydroxyl groups is 1. The molecule has 1 aliphatic rings. The minimum absolute atomic E-state index is 0.0294. The molecule has 1 fully saturated rings. The number of nitrogens with zero attached hydrogens (tertiary/aromatic N) is 3. The largest absolute Gasteiger partial charge is 0.507 e. The van der Waals surface area contributed by atoms with E-state index in [1.165, 1.54) is 7.11 Å². The minimum atomic E-state index is -0.965. The van der Waals surface area contributed by atoms with Gasteiger partial charge in [-0.1, -0.05) is 60.2 Å². The predicted molar refractivity (Wildman–Crippen MR) is 225 cm³/mol. The maximum atomic E-state index is 13.6. The Balaban J connectivity index is 1.26. The van der Waals surface area contributed by atoms with Crippen LogP contribution in [0, 0.1) is 20.8 Å². The number of hydrogen-bond acceptors (Lipinski definition) is 9. The number of rotatable bonds is 15. The van der Waals surface area contributed by atoms with Crippen LogP contribution >= 0.6 is 0 Å². The molecule has 2 atom stereocenters. The minimum Gasteiger partial charge on any atom is -0.507 e. The second-order valence-corrected chi connectivity index (χ2v) is 16.5. The lowest BCUT2D eigenvalue weighted by Crippen LogP contribution is -2.46. The van der Waals surface area contributed by atoms with Crippen molar-refractivity contribution in [1.82, 2.24) is 9.38 Å². The Labute approximate surface area is 337 Å². The first-order chi connectivity index (χ1) is 27.2. The molecule has 5 aromatic rings. The second-order valence-electron chi connectivity index (χ2n) is 16.5. The first-order valence-electron chi connectivity index (χ1n) is 20.0. The van der Waals surface area contributed by atoms with Gasteiger partial charge in [0.2, 0.25) is 0 Å². The molecule has 3 aromatic carbocycles. The Morgan fingerprint density at radius 3 is 2.35 bits per heavy atom. The molecule has 0 unspecified atom stereocenters. The lowest BCUT2D eigenvalue weighted by molar-refractivity contribution is -0.164. The smallest absolute Gasteiger partial charge is 0.339 e. The number of benzene rings is 3. The van der Waals surface area contributed by atoms with Gasteiger partial charge in [-0.25, -0.2) is 9.78 Å².